The zero-order chi connectivity index (χ0) is 22.2. The molecule has 4 heterocycles. The molecule has 2 aromatic heterocycles. The fourth-order valence-electron chi connectivity index (χ4n) is 5.29. The van der Waals surface area contributed by atoms with Gasteiger partial charge in [0.15, 0.2) is 0 Å². The van der Waals surface area contributed by atoms with Crippen molar-refractivity contribution in [3.63, 3.8) is 0 Å². The van der Waals surface area contributed by atoms with E-state index in [2.05, 4.69) is 50.5 Å². The van der Waals surface area contributed by atoms with Crippen LogP contribution in [0.3, 0.4) is 0 Å². The number of para-hydroxylation sites is 2. The summed E-state index contributed by atoms with van der Waals surface area (Å²) in [5.41, 5.74) is 6.37. The summed E-state index contributed by atoms with van der Waals surface area (Å²) in [4.78, 5) is 20.5. The number of thiophene rings is 1. The van der Waals surface area contributed by atoms with Crippen LogP contribution in [0.2, 0.25) is 0 Å². The lowest BCUT2D eigenvalue weighted by atomic mass is 9.95. The van der Waals surface area contributed by atoms with Crippen LogP contribution >= 0.6 is 35.5 Å². The molecule has 1 unspecified atom stereocenters. The highest BCUT2D eigenvalue weighted by Gasteiger charge is 2.31. The molecule has 5 nitrogen and oxygen atoms in total. The van der Waals surface area contributed by atoms with E-state index in [4.69, 9.17) is 0 Å². The van der Waals surface area contributed by atoms with Crippen LogP contribution < -0.4 is 5.69 Å². The standard InChI is InChI=1S/C26H28N4OS2.ClH/c31-26-27-22-8-3-4-9-23(22)30(26)12-5-11-28-13-15-29(16-14-28)24-20-7-2-1-6-19(20)18-33-25-21(24)10-17-32-25;/h1-4,6-10,17,24H,5,11-16,18H2,(H,27,31);1H. The van der Waals surface area contributed by atoms with Gasteiger partial charge in [-0.15, -0.1) is 35.5 Å². The predicted octanol–water partition coefficient (Wildman–Crippen LogP) is 5.22. The van der Waals surface area contributed by atoms with Gasteiger partial charge in [0.05, 0.1) is 21.3 Å². The van der Waals surface area contributed by atoms with Gasteiger partial charge in [-0.1, -0.05) is 36.4 Å². The molecule has 0 amide bonds. The van der Waals surface area contributed by atoms with Crippen molar-refractivity contribution in [2.45, 2.75) is 29.0 Å². The number of halogens is 1. The van der Waals surface area contributed by atoms with Crippen molar-refractivity contribution in [3.8, 4) is 0 Å². The van der Waals surface area contributed by atoms with Crippen molar-refractivity contribution < 1.29 is 0 Å². The van der Waals surface area contributed by atoms with Gasteiger partial charge in [0.2, 0.25) is 0 Å². The fourth-order valence-corrected chi connectivity index (χ4v) is 7.45. The minimum Gasteiger partial charge on any atom is -0.306 e. The number of nitrogens with zero attached hydrogens (tertiary/aromatic N) is 3. The zero-order valence-corrected chi connectivity index (χ0v) is 21.4. The van der Waals surface area contributed by atoms with Crippen molar-refractivity contribution in [2.75, 3.05) is 32.7 Å². The molecule has 0 spiro atoms. The Hall–Kier alpha value is -2.03. The van der Waals surface area contributed by atoms with E-state index in [1.54, 1.807) is 0 Å². The van der Waals surface area contributed by atoms with Gasteiger partial charge in [-0.05, 0) is 53.2 Å². The number of benzene rings is 2. The maximum Gasteiger partial charge on any atom is 0.326 e. The summed E-state index contributed by atoms with van der Waals surface area (Å²) in [7, 11) is 0. The molecular weight excluding hydrogens is 484 g/mol. The summed E-state index contributed by atoms with van der Waals surface area (Å²) in [5.74, 6) is 1.06. The minimum atomic E-state index is -0.00233. The van der Waals surface area contributed by atoms with E-state index in [1.165, 1.54) is 20.9 Å². The Morgan fingerprint density at radius 2 is 1.71 bits per heavy atom. The van der Waals surface area contributed by atoms with Gasteiger partial charge in [0.25, 0.3) is 0 Å². The molecule has 0 aliphatic carbocycles. The molecule has 0 bridgehead atoms. The number of hydrogen-bond donors (Lipinski definition) is 1. The Kier molecular flexibility index (Phi) is 7.18. The first-order chi connectivity index (χ1) is 16.3. The van der Waals surface area contributed by atoms with Crippen LogP contribution in [0.15, 0.2) is 69.0 Å². The van der Waals surface area contributed by atoms with Crippen molar-refractivity contribution in [1.29, 1.82) is 0 Å². The second-order valence-electron chi connectivity index (χ2n) is 8.88. The van der Waals surface area contributed by atoms with Crippen LogP contribution in [0.4, 0.5) is 0 Å². The largest absolute Gasteiger partial charge is 0.326 e. The van der Waals surface area contributed by atoms with E-state index >= 15 is 0 Å². The van der Waals surface area contributed by atoms with Gasteiger partial charge >= 0.3 is 5.69 Å². The Balaban J connectivity index is 0.00000241. The molecule has 0 radical (unpaired) electrons. The number of nitrogens with one attached hydrogen (secondary N) is 1. The topological polar surface area (TPSA) is 44.3 Å². The van der Waals surface area contributed by atoms with Crippen LogP contribution in [0.5, 0.6) is 0 Å². The van der Waals surface area contributed by atoms with E-state index < -0.39 is 0 Å². The van der Waals surface area contributed by atoms with Gasteiger partial charge in [-0.2, -0.15) is 0 Å². The van der Waals surface area contributed by atoms with E-state index in [9.17, 15) is 4.79 Å². The van der Waals surface area contributed by atoms with Gasteiger partial charge in [-0.3, -0.25) is 9.47 Å². The molecule has 1 atom stereocenters. The predicted molar refractivity (Wildman–Crippen MR) is 145 cm³/mol. The molecule has 6 rings (SSSR count). The van der Waals surface area contributed by atoms with E-state index in [-0.39, 0.29) is 18.1 Å². The maximum atomic E-state index is 12.3. The number of imidazole rings is 1. The van der Waals surface area contributed by atoms with E-state index in [1.807, 2.05) is 51.9 Å². The first kappa shape index (κ1) is 23.7. The highest BCUT2D eigenvalue weighted by molar-refractivity contribution is 8.00. The van der Waals surface area contributed by atoms with E-state index in [0.29, 0.717) is 6.04 Å². The maximum absolute atomic E-state index is 12.3. The Bertz CT molecular complexity index is 1320. The smallest absolute Gasteiger partial charge is 0.306 e. The summed E-state index contributed by atoms with van der Waals surface area (Å²) in [6, 6.07) is 19.6. The highest BCUT2D eigenvalue weighted by atomic mass is 35.5. The van der Waals surface area contributed by atoms with Crippen LogP contribution in [0.25, 0.3) is 11.0 Å². The lowest BCUT2D eigenvalue weighted by Crippen LogP contribution is -2.48. The second-order valence-corrected chi connectivity index (χ2v) is 11.0. The van der Waals surface area contributed by atoms with Crippen LogP contribution in [-0.4, -0.2) is 52.1 Å². The minimum absolute atomic E-state index is 0. The SMILES string of the molecule is Cl.O=c1[nH]c2ccccc2n1CCCN1CCN(C2c3ccccc3CSc3sccc32)CC1. The molecule has 1 N–H and O–H groups in total. The third-order valence-corrected chi connectivity index (χ3v) is 9.29. The summed E-state index contributed by atoms with van der Waals surface area (Å²) in [5, 5.41) is 2.25. The van der Waals surface area contributed by atoms with Crippen molar-refractivity contribution in [2.24, 2.45) is 0 Å². The molecule has 0 saturated carbocycles. The molecule has 8 heteroatoms. The van der Waals surface area contributed by atoms with Gasteiger partial charge in [0.1, 0.15) is 0 Å². The number of piperazine rings is 1. The van der Waals surface area contributed by atoms with E-state index in [0.717, 1.165) is 62.5 Å². The molecule has 4 aromatic rings. The molecular formula is C26H29ClN4OS2. The Morgan fingerprint density at radius 1 is 0.912 bits per heavy atom. The number of H-pyrrole nitrogens is 1. The quantitative estimate of drug-likeness (QED) is 0.398. The van der Waals surface area contributed by atoms with Crippen LogP contribution in [0.1, 0.15) is 29.2 Å². The summed E-state index contributed by atoms with van der Waals surface area (Å²) in [6.07, 6.45) is 0.985. The fraction of sp³-hybridized carbons (Fsp3) is 0.346. The number of aromatic nitrogens is 2. The third kappa shape index (κ3) is 4.48. The lowest BCUT2D eigenvalue weighted by molar-refractivity contribution is 0.107. The summed E-state index contributed by atoms with van der Waals surface area (Å²) >= 11 is 3.87. The number of fused-ring (bicyclic) bond motifs is 3. The van der Waals surface area contributed by atoms with Crippen LogP contribution in [-0.2, 0) is 12.3 Å². The third-order valence-electron chi connectivity index (χ3n) is 6.97. The first-order valence-electron chi connectivity index (χ1n) is 11.7. The molecule has 34 heavy (non-hydrogen) atoms. The molecule has 178 valence electrons. The van der Waals surface area contributed by atoms with Crippen molar-refractivity contribution in [1.82, 2.24) is 19.4 Å². The Labute approximate surface area is 214 Å². The Morgan fingerprint density at radius 3 is 2.59 bits per heavy atom. The molecule has 2 aliphatic heterocycles. The normalized spacial score (nSPS) is 18.8. The molecule has 1 saturated heterocycles. The first-order valence-corrected chi connectivity index (χ1v) is 13.6. The highest BCUT2D eigenvalue weighted by Crippen LogP contribution is 2.44. The number of rotatable bonds is 5. The van der Waals surface area contributed by atoms with Crippen molar-refractivity contribution in [3.05, 3.63) is 87.2 Å². The molecule has 2 aliphatic rings. The average Bonchev–Trinajstić information content (AvgIpc) is 3.39. The van der Waals surface area contributed by atoms with Gasteiger partial charge < -0.3 is 9.88 Å². The average molecular weight is 513 g/mol. The molecule has 1 fully saturated rings. The summed E-state index contributed by atoms with van der Waals surface area (Å²) in [6.45, 7) is 6.09. The number of aryl methyl sites for hydroxylation is 1. The lowest BCUT2D eigenvalue weighted by Gasteiger charge is -2.39. The summed E-state index contributed by atoms with van der Waals surface area (Å²) < 4.78 is 3.35. The number of hydrogen-bond acceptors (Lipinski definition) is 5. The monoisotopic (exact) mass is 512 g/mol. The zero-order valence-electron chi connectivity index (χ0n) is 19.0. The van der Waals surface area contributed by atoms with Crippen LogP contribution in [0, 0.1) is 0 Å². The number of aromatic amines is 1. The molecule has 2 aromatic carbocycles. The van der Waals surface area contributed by atoms with Crippen molar-refractivity contribution >= 4 is 46.5 Å². The number of thioether (sulfide) groups is 1. The van der Waals surface area contributed by atoms with Gasteiger partial charge in [-0.25, -0.2) is 4.79 Å². The van der Waals surface area contributed by atoms with Gasteiger partial charge in [0, 0.05) is 38.5 Å². The second kappa shape index (κ2) is 10.3.